The van der Waals surface area contributed by atoms with Crippen molar-refractivity contribution in [2.45, 2.75) is 157 Å². The van der Waals surface area contributed by atoms with Crippen LogP contribution in [0.1, 0.15) is 178 Å². The molecule has 0 bridgehead atoms. The summed E-state index contributed by atoms with van der Waals surface area (Å²) < 4.78 is 28.0. The number of hydrogen-bond acceptors (Lipinski definition) is 22. The molecule has 4 aliphatic heterocycles. The van der Waals surface area contributed by atoms with E-state index < -0.39 is 17.9 Å². The van der Waals surface area contributed by atoms with Gasteiger partial charge >= 0.3 is 41.5 Å². The van der Waals surface area contributed by atoms with Crippen LogP contribution in [0.5, 0.6) is 11.5 Å². The molecule has 2 aromatic carbocycles. The molecule has 10 rings (SSSR count). The van der Waals surface area contributed by atoms with Crippen molar-refractivity contribution in [3.8, 4) is 11.5 Å². The summed E-state index contributed by atoms with van der Waals surface area (Å²) in [6.45, 7) is 24.3. The Kier molecular flexibility index (Phi) is 41.1. The van der Waals surface area contributed by atoms with Gasteiger partial charge in [0.2, 0.25) is 5.97 Å². The number of imidazole rings is 2. The number of ketones is 1. The number of aliphatic hydroxyl groups is 3. The predicted molar refractivity (Wildman–Crippen MR) is 327 cm³/mol. The number of carbonyl (C=O) groups excluding carboxylic acids is 4. The Morgan fingerprint density at radius 2 is 0.955 bits per heavy atom. The van der Waals surface area contributed by atoms with Crippen LogP contribution in [0.3, 0.4) is 0 Å². The third kappa shape index (κ3) is 29.9. The minimum absolute atomic E-state index is 0. The number of methoxy groups -OCH3 is 2. The van der Waals surface area contributed by atoms with Gasteiger partial charge in [-0.3, -0.25) is 24.1 Å². The van der Waals surface area contributed by atoms with Crippen molar-refractivity contribution in [2.24, 2.45) is 0 Å². The molecule has 6 N–H and O–H groups in total. The maximum absolute atomic E-state index is 12.7. The van der Waals surface area contributed by atoms with Crippen molar-refractivity contribution in [3.05, 3.63) is 116 Å². The SMILES string of the molecule is C.CC(=O)OOC(C)=O.CC(=O)c1nn2c(C3CCOCC3)ncc2c(=O)[nH]1.CC(C)O.CC(C)O.CC(C)O.COc1ccc(C2CN(C(C)c3nn4c(C5CCOCC5)ncc4c(=O)[nH]3)C2)cc1.COc1ccc(C2CNC2)cc1.[B-]OC(C)=O.[Na+].[Ti]. The zero-order valence-electron chi connectivity index (χ0n) is 53.2. The summed E-state index contributed by atoms with van der Waals surface area (Å²) in [5.74, 6) is 3.83. The number of rotatable bonds is 9. The maximum atomic E-state index is 12.7. The summed E-state index contributed by atoms with van der Waals surface area (Å²) in [6.07, 6.45) is 6.16. The molecular weight excluding hydrogens is 1200 g/mol. The number of benzene rings is 2. The Morgan fingerprint density at radius 1 is 0.596 bits per heavy atom. The molecule has 29 heteroatoms. The van der Waals surface area contributed by atoms with Crippen LogP contribution in [-0.2, 0) is 60.0 Å². The fourth-order valence-electron chi connectivity index (χ4n) is 8.27. The molecule has 0 spiro atoms. The smallest absolute Gasteiger partial charge is 0.793 e. The number of fused-ring (bicyclic) bond motifs is 2. The van der Waals surface area contributed by atoms with E-state index in [9.17, 15) is 28.8 Å². The second-order valence-corrected chi connectivity index (χ2v) is 21.1. The summed E-state index contributed by atoms with van der Waals surface area (Å²) in [5.41, 5.74) is 3.12. The van der Waals surface area contributed by atoms with Crippen molar-refractivity contribution in [3.63, 3.8) is 0 Å². The third-order valence-corrected chi connectivity index (χ3v) is 12.6. The molecule has 26 nitrogen and oxygen atoms in total. The summed E-state index contributed by atoms with van der Waals surface area (Å²) in [7, 11) is 7.70. The van der Waals surface area contributed by atoms with E-state index in [2.05, 4.69) is 88.9 Å². The summed E-state index contributed by atoms with van der Waals surface area (Å²) in [4.78, 5) is 89.3. The molecule has 0 saturated carbocycles. The van der Waals surface area contributed by atoms with Gasteiger partial charge in [0.25, 0.3) is 11.1 Å². The van der Waals surface area contributed by atoms with E-state index in [0.717, 1.165) is 108 Å². The number of nitrogens with zero attached hydrogens (tertiary/aromatic N) is 7. The molecule has 1 atom stereocenters. The number of aromatic amines is 2. The zero-order chi connectivity index (χ0) is 64.0. The summed E-state index contributed by atoms with van der Waals surface area (Å²) in [6, 6.07) is 16.6. The molecule has 4 aliphatic rings. The maximum Gasteiger partial charge on any atom is 1.00 e. The summed E-state index contributed by atoms with van der Waals surface area (Å²) >= 11 is 0. The second kappa shape index (κ2) is 43.9. The first-order valence-electron chi connectivity index (χ1n) is 28.4. The third-order valence-electron chi connectivity index (χ3n) is 12.6. The van der Waals surface area contributed by atoms with E-state index in [1.54, 1.807) is 66.5 Å². The number of nitrogens with one attached hydrogen (secondary N) is 3. The molecule has 89 heavy (non-hydrogen) atoms. The van der Waals surface area contributed by atoms with Crippen molar-refractivity contribution in [1.29, 1.82) is 0 Å². The first kappa shape index (κ1) is 83.3. The van der Waals surface area contributed by atoms with E-state index >= 15 is 0 Å². The minimum Gasteiger partial charge on any atom is -0.793 e. The Labute approximate surface area is 559 Å². The van der Waals surface area contributed by atoms with E-state index in [1.807, 2.05) is 24.3 Å². The van der Waals surface area contributed by atoms with Crippen LogP contribution < -0.4 is 55.5 Å². The van der Waals surface area contributed by atoms with E-state index in [4.69, 9.17) is 39.4 Å². The molecular formula is C60H91BN10NaO16Ti. The molecule has 4 aromatic heterocycles. The average molecular weight is 1290 g/mol. The van der Waals surface area contributed by atoms with Gasteiger partial charge in [-0.25, -0.2) is 38.4 Å². The van der Waals surface area contributed by atoms with Crippen molar-refractivity contribution in [1.82, 2.24) is 49.4 Å². The number of carbonyl (C=O) groups is 4. The van der Waals surface area contributed by atoms with Gasteiger partial charge in [-0.15, -0.1) is 5.10 Å². The van der Waals surface area contributed by atoms with E-state index in [1.165, 1.54) is 35.7 Å². The van der Waals surface area contributed by atoms with Crippen LogP contribution in [0.15, 0.2) is 70.5 Å². The molecule has 4 saturated heterocycles. The van der Waals surface area contributed by atoms with Gasteiger partial charge in [-0.05, 0) is 110 Å². The number of hydrogen-bond donors (Lipinski definition) is 6. The molecule has 0 aliphatic carbocycles. The minimum atomic E-state index is -0.639. The number of H-pyrrole nitrogens is 2. The van der Waals surface area contributed by atoms with Crippen molar-refractivity contribution < 1.29 is 119 Å². The van der Waals surface area contributed by atoms with Gasteiger partial charge in [-0.1, -0.05) is 31.7 Å². The molecule has 8 heterocycles. The van der Waals surface area contributed by atoms with Crippen LogP contribution in [0.4, 0.5) is 0 Å². The molecule has 3 radical (unpaired) electrons. The summed E-state index contributed by atoms with van der Waals surface area (Å²) in [5, 5.41) is 36.4. The standard InChI is InChI=1S/C22H27N5O3.C12H14N4O3.C10H13NO.C4H6O4.3C3H8O.C2H3BO2.CH4.Na.Ti/c1-14(26-12-17(13-26)15-3-5-18(29-2)6-4-15)20-24-22(28)19-11-23-21(27(19)25-20)16-7-9-30-10-8-16;1-7(17)10-14-12(18)9-6-13-11(16(9)15-10)8-2-4-19-5-3-8;1-12-10-4-2-8(3-5-10)9-6-11-7-9;1-3(5)7-8-4(2)6;3*1-3(2)4;1-2(4)5-3;;;/h3-6,11,14,16-17H,7-10,12-13H2,1-2H3,(H,24,25,28);6,8H,2-5H2,1H3,(H,14,15,18);2-5,9,11H,6-7H2,1H3;1-2H3;3*3-4H,1-2H3;1H3;1H4;;/q;;;;;;;-1;;+1;. The first-order valence-corrected chi connectivity index (χ1v) is 28.4. The quantitative estimate of drug-likeness (QED) is 0.0524. The van der Waals surface area contributed by atoms with Gasteiger partial charge in [0.15, 0.2) is 22.6 Å². The molecule has 485 valence electrons. The zero-order valence-corrected chi connectivity index (χ0v) is 56.8. The number of ether oxygens (including phenoxy) is 4. The van der Waals surface area contributed by atoms with Gasteiger partial charge in [-0.2, -0.15) is 5.10 Å². The van der Waals surface area contributed by atoms with Crippen LogP contribution in [0.2, 0.25) is 0 Å². The van der Waals surface area contributed by atoms with Gasteiger partial charge in [0.1, 0.15) is 29.0 Å². The fourth-order valence-corrected chi connectivity index (χ4v) is 8.27. The number of Topliss-reactive ketones (excluding diaryl/α,β-unsaturated/α-hetero) is 1. The second-order valence-electron chi connectivity index (χ2n) is 21.1. The Hall–Kier alpha value is -5.68. The van der Waals surface area contributed by atoms with E-state index in [0.29, 0.717) is 36.0 Å². The van der Waals surface area contributed by atoms with Gasteiger partial charge < -0.3 is 62.3 Å². The predicted octanol–water partition coefficient (Wildman–Crippen LogP) is 2.84. The molecule has 1 unspecified atom stereocenters. The number of aliphatic hydroxyl groups excluding tert-OH is 3. The molecule has 4 fully saturated rings. The van der Waals surface area contributed by atoms with Crippen LogP contribution in [0.25, 0.3) is 11.0 Å². The monoisotopic (exact) mass is 1290 g/mol. The first-order chi connectivity index (χ1) is 40.8. The Morgan fingerprint density at radius 3 is 1.28 bits per heavy atom. The van der Waals surface area contributed by atoms with E-state index in [-0.39, 0.29) is 118 Å². The van der Waals surface area contributed by atoms with Crippen LogP contribution in [0, 0.1) is 0 Å². The average Bonchev–Trinajstić information content (AvgIpc) is 2.05. The topological polar surface area (TPSA) is 335 Å². The van der Waals surface area contributed by atoms with Gasteiger partial charge in [0, 0.05) is 144 Å². The van der Waals surface area contributed by atoms with Crippen molar-refractivity contribution in [2.75, 3.05) is 66.8 Å². The van der Waals surface area contributed by atoms with Crippen molar-refractivity contribution >= 4 is 42.8 Å². The Bertz CT molecular complexity index is 3070. The number of aromatic nitrogens is 8. The molecule has 0 amide bonds. The van der Waals surface area contributed by atoms with Gasteiger partial charge in [0.05, 0.1) is 32.7 Å². The Balaban J connectivity index is 0.00000113. The van der Waals surface area contributed by atoms with Crippen LogP contribution in [-0.4, -0.2) is 176 Å². The number of likely N-dealkylation sites (tertiary alicyclic amines) is 1. The fraction of sp³-hybridized carbons (Fsp3) is 0.567. The largest absolute Gasteiger partial charge is 1.00 e. The molecule has 6 aromatic rings. The normalized spacial score (nSPS) is 14.8. The van der Waals surface area contributed by atoms with Crippen LogP contribution >= 0.6 is 0 Å².